The van der Waals surface area contributed by atoms with Crippen LogP contribution >= 0.6 is 11.6 Å². The number of benzene rings is 2. The molecule has 1 heterocycles. The Morgan fingerprint density at radius 2 is 1.96 bits per heavy atom. The molecule has 0 saturated carbocycles. The van der Waals surface area contributed by atoms with Crippen molar-refractivity contribution in [3.8, 4) is 0 Å². The van der Waals surface area contributed by atoms with Gasteiger partial charge < -0.3 is 10.2 Å². The molecule has 1 aliphatic rings. The van der Waals surface area contributed by atoms with Crippen molar-refractivity contribution in [1.82, 2.24) is 5.32 Å². The largest absolute Gasteiger partial charge is 0.340 e. The first kappa shape index (κ1) is 15.5. The lowest BCUT2D eigenvalue weighted by molar-refractivity contribution is -0.118. The van der Waals surface area contributed by atoms with Gasteiger partial charge in [-0.3, -0.25) is 9.59 Å². The number of halogens is 2. The van der Waals surface area contributed by atoms with Crippen molar-refractivity contribution in [1.29, 1.82) is 0 Å². The highest BCUT2D eigenvalue weighted by molar-refractivity contribution is 6.31. The van der Waals surface area contributed by atoms with Crippen molar-refractivity contribution in [3.63, 3.8) is 0 Å². The number of amides is 2. The first-order valence-corrected chi connectivity index (χ1v) is 7.56. The fraction of sp³-hybridized carbons (Fsp3) is 0.176. The van der Waals surface area contributed by atoms with Crippen LogP contribution in [-0.2, 0) is 4.79 Å². The van der Waals surface area contributed by atoms with E-state index in [1.807, 2.05) is 0 Å². The van der Waals surface area contributed by atoms with Gasteiger partial charge in [0.2, 0.25) is 5.91 Å². The highest BCUT2D eigenvalue weighted by Gasteiger charge is 2.33. The molecule has 1 unspecified atom stereocenters. The van der Waals surface area contributed by atoms with Crippen molar-refractivity contribution < 1.29 is 14.0 Å². The SMILES string of the molecule is O=C(NC1CCN(c2ccc(F)cc2)C1=O)c1cccc(Cl)c1. The van der Waals surface area contributed by atoms with Gasteiger partial charge >= 0.3 is 0 Å². The minimum atomic E-state index is -0.591. The Morgan fingerprint density at radius 3 is 2.65 bits per heavy atom. The summed E-state index contributed by atoms with van der Waals surface area (Å²) in [5.74, 6) is -0.898. The topological polar surface area (TPSA) is 49.4 Å². The second-order valence-corrected chi connectivity index (χ2v) is 5.73. The Hall–Kier alpha value is -2.40. The van der Waals surface area contributed by atoms with Gasteiger partial charge in [0.1, 0.15) is 11.9 Å². The summed E-state index contributed by atoms with van der Waals surface area (Å²) in [6.45, 7) is 0.477. The van der Waals surface area contributed by atoms with Gasteiger partial charge in [0.05, 0.1) is 0 Å². The van der Waals surface area contributed by atoms with Gasteiger partial charge in [-0.05, 0) is 48.9 Å². The quantitative estimate of drug-likeness (QED) is 0.939. The van der Waals surface area contributed by atoms with Crippen molar-refractivity contribution in [2.24, 2.45) is 0 Å². The number of nitrogens with zero attached hydrogens (tertiary/aromatic N) is 1. The van der Waals surface area contributed by atoms with Crippen LogP contribution in [0.4, 0.5) is 10.1 Å². The predicted molar refractivity (Wildman–Crippen MR) is 86.1 cm³/mol. The van der Waals surface area contributed by atoms with Gasteiger partial charge in [0.25, 0.3) is 5.91 Å². The van der Waals surface area contributed by atoms with E-state index in [1.165, 1.54) is 12.1 Å². The zero-order chi connectivity index (χ0) is 16.4. The molecule has 1 atom stereocenters. The van der Waals surface area contributed by atoms with E-state index < -0.39 is 6.04 Å². The maximum atomic E-state index is 13.0. The standard InChI is InChI=1S/C17H14ClFN2O2/c18-12-3-1-2-11(10-12)16(22)20-15-8-9-21(17(15)23)14-6-4-13(19)5-7-14/h1-7,10,15H,8-9H2,(H,20,22). The van der Waals surface area contributed by atoms with Gasteiger partial charge in [0, 0.05) is 22.8 Å². The van der Waals surface area contributed by atoms with Crippen LogP contribution in [0.1, 0.15) is 16.8 Å². The van der Waals surface area contributed by atoms with E-state index in [4.69, 9.17) is 11.6 Å². The average molecular weight is 333 g/mol. The van der Waals surface area contributed by atoms with Crippen LogP contribution < -0.4 is 10.2 Å². The fourth-order valence-corrected chi connectivity index (χ4v) is 2.75. The molecule has 0 aliphatic carbocycles. The second-order valence-electron chi connectivity index (χ2n) is 5.29. The molecule has 2 aromatic carbocycles. The molecule has 0 bridgehead atoms. The monoisotopic (exact) mass is 332 g/mol. The van der Waals surface area contributed by atoms with Crippen LogP contribution in [-0.4, -0.2) is 24.4 Å². The average Bonchev–Trinajstić information content (AvgIpc) is 2.89. The van der Waals surface area contributed by atoms with Gasteiger partial charge in [-0.25, -0.2) is 4.39 Å². The van der Waals surface area contributed by atoms with E-state index in [0.717, 1.165) is 0 Å². The van der Waals surface area contributed by atoms with Crippen LogP contribution in [0.15, 0.2) is 48.5 Å². The number of carbonyl (C=O) groups is 2. The summed E-state index contributed by atoms with van der Waals surface area (Å²) in [4.78, 5) is 26.2. The number of nitrogens with one attached hydrogen (secondary N) is 1. The van der Waals surface area contributed by atoms with E-state index >= 15 is 0 Å². The fourth-order valence-electron chi connectivity index (χ4n) is 2.56. The van der Waals surface area contributed by atoms with E-state index in [2.05, 4.69) is 5.32 Å². The van der Waals surface area contributed by atoms with Gasteiger partial charge in [0.15, 0.2) is 0 Å². The maximum Gasteiger partial charge on any atom is 0.251 e. The molecule has 1 aliphatic heterocycles. The molecule has 6 heteroatoms. The Kier molecular flexibility index (Phi) is 4.30. The number of hydrogen-bond donors (Lipinski definition) is 1. The van der Waals surface area contributed by atoms with Crippen LogP contribution in [0.2, 0.25) is 5.02 Å². The first-order chi connectivity index (χ1) is 11.0. The summed E-state index contributed by atoms with van der Waals surface area (Å²) in [6.07, 6.45) is 0.502. The molecule has 4 nitrogen and oxygen atoms in total. The van der Waals surface area contributed by atoms with Crippen molar-refractivity contribution in [2.75, 3.05) is 11.4 Å². The van der Waals surface area contributed by atoms with E-state index in [0.29, 0.717) is 29.2 Å². The molecule has 2 amide bonds. The van der Waals surface area contributed by atoms with Crippen molar-refractivity contribution in [2.45, 2.75) is 12.5 Å². The maximum absolute atomic E-state index is 13.0. The number of hydrogen-bond acceptors (Lipinski definition) is 2. The minimum Gasteiger partial charge on any atom is -0.340 e. The summed E-state index contributed by atoms with van der Waals surface area (Å²) in [7, 11) is 0. The summed E-state index contributed by atoms with van der Waals surface area (Å²) >= 11 is 5.86. The van der Waals surface area contributed by atoms with Crippen LogP contribution in [0.5, 0.6) is 0 Å². The number of anilines is 1. The molecule has 1 fully saturated rings. The Labute approximate surface area is 137 Å². The van der Waals surface area contributed by atoms with E-state index in [9.17, 15) is 14.0 Å². The highest BCUT2D eigenvalue weighted by Crippen LogP contribution is 2.22. The Bertz CT molecular complexity index is 749. The zero-order valence-electron chi connectivity index (χ0n) is 12.1. The van der Waals surface area contributed by atoms with Gasteiger partial charge in [-0.2, -0.15) is 0 Å². The summed E-state index contributed by atoms with van der Waals surface area (Å²) in [6, 6.07) is 11.7. The Balaban J connectivity index is 1.69. The molecule has 0 spiro atoms. The lowest BCUT2D eigenvalue weighted by Crippen LogP contribution is -2.41. The smallest absolute Gasteiger partial charge is 0.251 e. The molecule has 118 valence electrons. The van der Waals surface area contributed by atoms with Crippen molar-refractivity contribution in [3.05, 3.63) is 64.9 Å². The lowest BCUT2D eigenvalue weighted by Gasteiger charge is -2.17. The molecule has 0 radical (unpaired) electrons. The van der Waals surface area contributed by atoms with Gasteiger partial charge in [-0.15, -0.1) is 0 Å². The number of rotatable bonds is 3. The number of carbonyl (C=O) groups excluding carboxylic acids is 2. The third-order valence-corrected chi connectivity index (χ3v) is 3.97. The second kappa shape index (κ2) is 6.38. The Morgan fingerprint density at radius 1 is 1.22 bits per heavy atom. The molecule has 3 rings (SSSR count). The van der Waals surface area contributed by atoms with Crippen LogP contribution in [0, 0.1) is 5.82 Å². The summed E-state index contributed by atoms with van der Waals surface area (Å²) < 4.78 is 13.0. The highest BCUT2D eigenvalue weighted by atomic mass is 35.5. The molecular formula is C17H14ClFN2O2. The van der Waals surface area contributed by atoms with E-state index in [1.54, 1.807) is 41.3 Å². The normalized spacial score (nSPS) is 17.4. The molecule has 0 aromatic heterocycles. The third-order valence-electron chi connectivity index (χ3n) is 3.74. The predicted octanol–water partition coefficient (Wildman–Crippen LogP) is 3.01. The summed E-state index contributed by atoms with van der Waals surface area (Å²) in [5, 5.41) is 3.18. The van der Waals surface area contributed by atoms with Crippen LogP contribution in [0.3, 0.4) is 0 Å². The first-order valence-electron chi connectivity index (χ1n) is 7.18. The van der Waals surface area contributed by atoms with E-state index in [-0.39, 0.29) is 17.6 Å². The van der Waals surface area contributed by atoms with Crippen molar-refractivity contribution >= 4 is 29.1 Å². The molecule has 2 aromatic rings. The molecule has 1 saturated heterocycles. The minimum absolute atomic E-state index is 0.202. The molecular weight excluding hydrogens is 319 g/mol. The summed E-state index contributed by atoms with van der Waals surface area (Å²) in [5.41, 5.74) is 1.03. The lowest BCUT2D eigenvalue weighted by atomic mass is 10.2. The zero-order valence-corrected chi connectivity index (χ0v) is 12.9. The molecule has 23 heavy (non-hydrogen) atoms. The van der Waals surface area contributed by atoms with Gasteiger partial charge in [-0.1, -0.05) is 17.7 Å². The third kappa shape index (κ3) is 3.35. The molecule has 1 N–H and O–H groups in total. The van der Waals surface area contributed by atoms with Crippen LogP contribution in [0.25, 0.3) is 0 Å².